The fraction of sp³-hybridized carbons (Fsp3) is 0.462. The lowest BCUT2D eigenvalue weighted by Gasteiger charge is -2.40. The van der Waals surface area contributed by atoms with Gasteiger partial charge in [-0.2, -0.15) is 0 Å². The number of amides is 2. The molecule has 0 bridgehead atoms. The minimum absolute atomic E-state index is 0.0763. The molecule has 184 valence electrons. The van der Waals surface area contributed by atoms with Crippen molar-refractivity contribution in [1.82, 2.24) is 9.80 Å². The summed E-state index contributed by atoms with van der Waals surface area (Å²) in [6.45, 7) is 7.18. The summed E-state index contributed by atoms with van der Waals surface area (Å²) >= 11 is 0. The van der Waals surface area contributed by atoms with Gasteiger partial charge >= 0.3 is 6.09 Å². The lowest BCUT2D eigenvalue weighted by Crippen LogP contribution is -2.54. The average molecular weight is 470 g/mol. The van der Waals surface area contributed by atoms with E-state index in [4.69, 9.17) is 10.5 Å². The van der Waals surface area contributed by atoms with Crippen LogP contribution in [0.25, 0.3) is 0 Å². The Kier molecular flexibility index (Phi) is 8.04. The normalized spacial score (nSPS) is 15.6. The van der Waals surface area contributed by atoms with Gasteiger partial charge in [0.2, 0.25) is 5.91 Å². The summed E-state index contributed by atoms with van der Waals surface area (Å²) in [4.78, 5) is 29.3. The summed E-state index contributed by atoms with van der Waals surface area (Å²) in [7, 11) is 0. The fourth-order valence-electron chi connectivity index (χ4n) is 3.97. The van der Waals surface area contributed by atoms with E-state index < -0.39 is 12.1 Å². The number of carbonyl (C=O) groups excluding carboxylic acids is 2. The van der Waals surface area contributed by atoms with E-state index in [0.29, 0.717) is 31.5 Å². The molecule has 2 aromatic rings. The highest BCUT2D eigenvalue weighted by Gasteiger charge is 2.35. The van der Waals surface area contributed by atoms with E-state index in [1.807, 2.05) is 51.1 Å². The van der Waals surface area contributed by atoms with Crippen molar-refractivity contribution in [2.24, 2.45) is 11.1 Å². The monoisotopic (exact) mass is 469 g/mol. The molecule has 1 aliphatic rings. The minimum Gasteiger partial charge on any atom is -0.504 e. The molecule has 34 heavy (non-hydrogen) atoms. The molecular weight excluding hydrogens is 434 g/mol. The molecule has 1 saturated heterocycles. The van der Waals surface area contributed by atoms with Gasteiger partial charge in [-0.1, -0.05) is 57.2 Å². The number of benzene rings is 2. The molecular formula is C26H35N3O5. The van der Waals surface area contributed by atoms with Crippen molar-refractivity contribution in [3.8, 4) is 11.5 Å². The van der Waals surface area contributed by atoms with Crippen LogP contribution in [0.15, 0.2) is 48.5 Å². The Morgan fingerprint density at radius 2 is 1.71 bits per heavy atom. The highest BCUT2D eigenvalue weighted by Crippen LogP contribution is 2.28. The average Bonchev–Trinajstić information content (AvgIpc) is 2.82. The van der Waals surface area contributed by atoms with Gasteiger partial charge in [0.1, 0.15) is 6.61 Å². The maximum atomic E-state index is 13.1. The van der Waals surface area contributed by atoms with Crippen LogP contribution in [0, 0.1) is 5.41 Å². The van der Waals surface area contributed by atoms with E-state index in [1.165, 1.54) is 12.1 Å². The van der Waals surface area contributed by atoms with Crippen molar-refractivity contribution < 1.29 is 24.5 Å². The molecule has 1 heterocycles. The first-order chi connectivity index (χ1) is 16.1. The van der Waals surface area contributed by atoms with Crippen molar-refractivity contribution >= 4 is 12.0 Å². The maximum Gasteiger partial charge on any atom is 0.410 e. The summed E-state index contributed by atoms with van der Waals surface area (Å²) < 4.78 is 5.60. The zero-order chi connectivity index (χ0) is 24.9. The van der Waals surface area contributed by atoms with Crippen LogP contribution in [0.5, 0.6) is 11.5 Å². The Balaban J connectivity index is 1.71. The number of likely N-dealkylation sites (tertiary alicyclic amines) is 1. The number of phenols is 2. The van der Waals surface area contributed by atoms with E-state index in [-0.39, 0.29) is 42.0 Å². The third kappa shape index (κ3) is 6.41. The molecule has 1 fully saturated rings. The number of carbonyl (C=O) groups is 2. The van der Waals surface area contributed by atoms with Crippen LogP contribution >= 0.6 is 0 Å². The molecule has 0 spiro atoms. The SMILES string of the molecule is CC(C)(C)C(N)C(=O)N1CCC(N(Cc2ccc(O)c(O)c2)C(=O)OCc2ccccc2)CC1. The number of hydrogen-bond donors (Lipinski definition) is 3. The van der Waals surface area contributed by atoms with Gasteiger partial charge in [-0.25, -0.2) is 4.79 Å². The summed E-state index contributed by atoms with van der Waals surface area (Å²) in [6, 6.07) is 13.2. The molecule has 0 aliphatic carbocycles. The first kappa shape index (κ1) is 25.4. The number of aromatic hydroxyl groups is 2. The van der Waals surface area contributed by atoms with Gasteiger partial charge in [-0.15, -0.1) is 0 Å². The Morgan fingerprint density at radius 3 is 2.29 bits per heavy atom. The second kappa shape index (κ2) is 10.8. The van der Waals surface area contributed by atoms with E-state index in [2.05, 4.69) is 0 Å². The standard InChI is InChI=1S/C26H35N3O5/c1-26(2,3)23(27)24(32)28-13-11-20(12-14-28)29(16-19-9-10-21(30)22(31)15-19)25(33)34-17-18-7-5-4-6-8-18/h4-10,15,20,23,30-31H,11-14,16-17,27H2,1-3H3. The maximum absolute atomic E-state index is 13.1. The van der Waals surface area contributed by atoms with Crippen molar-refractivity contribution in [2.75, 3.05) is 13.1 Å². The van der Waals surface area contributed by atoms with Crippen LogP contribution in [-0.2, 0) is 22.7 Å². The number of phenolic OH excluding ortho intramolecular Hbond substituents is 2. The van der Waals surface area contributed by atoms with Crippen LogP contribution in [-0.4, -0.2) is 57.2 Å². The zero-order valence-electron chi connectivity index (χ0n) is 20.1. The first-order valence-electron chi connectivity index (χ1n) is 11.6. The van der Waals surface area contributed by atoms with E-state index in [0.717, 1.165) is 5.56 Å². The second-order valence-electron chi connectivity index (χ2n) is 9.89. The van der Waals surface area contributed by atoms with Crippen molar-refractivity contribution in [1.29, 1.82) is 0 Å². The predicted octanol–water partition coefficient (Wildman–Crippen LogP) is 3.60. The van der Waals surface area contributed by atoms with Gasteiger partial charge in [-0.05, 0) is 41.5 Å². The van der Waals surface area contributed by atoms with Gasteiger partial charge in [0.15, 0.2) is 11.5 Å². The Bertz CT molecular complexity index is 982. The molecule has 4 N–H and O–H groups in total. The van der Waals surface area contributed by atoms with Crippen LogP contribution in [0.2, 0.25) is 0 Å². The van der Waals surface area contributed by atoms with Crippen LogP contribution < -0.4 is 5.73 Å². The van der Waals surface area contributed by atoms with Gasteiger partial charge < -0.3 is 30.5 Å². The van der Waals surface area contributed by atoms with Crippen LogP contribution in [0.4, 0.5) is 4.79 Å². The predicted molar refractivity (Wildman–Crippen MR) is 129 cm³/mol. The highest BCUT2D eigenvalue weighted by atomic mass is 16.6. The van der Waals surface area contributed by atoms with Crippen LogP contribution in [0.1, 0.15) is 44.7 Å². The molecule has 1 unspecified atom stereocenters. The Morgan fingerprint density at radius 1 is 1.06 bits per heavy atom. The van der Waals surface area contributed by atoms with E-state index >= 15 is 0 Å². The summed E-state index contributed by atoms with van der Waals surface area (Å²) in [6.07, 6.45) is 0.716. The Labute approximate surface area is 200 Å². The molecule has 0 saturated carbocycles. The number of piperidine rings is 1. The number of nitrogens with two attached hydrogens (primary N) is 1. The smallest absolute Gasteiger partial charge is 0.410 e. The lowest BCUT2D eigenvalue weighted by molar-refractivity contribution is -0.136. The molecule has 0 aromatic heterocycles. The minimum atomic E-state index is -0.587. The summed E-state index contributed by atoms with van der Waals surface area (Å²) in [5.74, 6) is -0.539. The van der Waals surface area contributed by atoms with Gasteiger partial charge in [0, 0.05) is 25.7 Å². The second-order valence-corrected chi connectivity index (χ2v) is 9.89. The topological polar surface area (TPSA) is 116 Å². The molecule has 2 aromatic carbocycles. The Hall–Kier alpha value is -3.26. The van der Waals surface area contributed by atoms with Gasteiger partial charge in [-0.3, -0.25) is 4.79 Å². The largest absolute Gasteiger partial charge is 0.504 e. The molecule has 0 radical (unpaired) electrons. The van der Waals surface area contributed by atoms with Crippen molar-refractivity contribution in [3.05, 3.63) is 59.7 Å². The van der Waals surface area contributed by atoms with Crippen LogP contribution in [0.3, 0.4) is 0 Å². The lowest BCUT2D eigenvalue weighted by atomic mass is 9.86. The molecule has 1 atom stereocenters. The fourth-order valence-corrected chi connectivity index (χ4v) is 3.97. The number of nitrogens with zero attached hydrogens (tertiary/aromatic N) is 2. The molecule has 1 aliphatic heterocycles. The number of hydrogen-bond acceptors (Lipinski definition) is 6. The molecule has 3 rings (SSSR count). The van der Waals surface area contributed by atoms with Crippen molar-refractivity contribution in [2.45, 2.75) is 58.8 Å². The zero-order valence-corrected chi connectivity index (χ0v) is 20.1. The number of rotatable bonds is 6. The highest BCUT2D eigenvalue weighted by molar-refractivity contribution is 5.82. The van der Waals surface area contributed by atoms with Gasteiger partial charge in [0.05, 0.1) is 6.04 Å². The summed E-state index contributed by atoms with van der Waals surface area (Å²) in [5, 5.41) is 19.5. The third-order valence-electron chi connectivity index (χ3n) is 6.25. The quantitative estimate of drug-likeness (QED) is 0.557. The molecule has 8 heteroatoms. The summed E-state index contributed by atoms with van der Waals surface area (Å²) in [5.41, 5.74) is 7.39. The van der Waals surface area contributed by atoms with E-state index in [9.17, 15) is 19.8 Å². The molecule has 2 amide bonds. The van der Waals surface area contributed by atoms with Crippen molar-refractivity contribution in [3.63, 3.8) is 0 Å². The van der Waals surface area contributed by atoms with E-state index in [1.54, 1.807) is 15.9 Å². The third-order valence-corrected chi connectivity index (χ3v) is 6.25. The van der Waals surface area contributed by atoms with Gasteiger partial charge in [0.25, 0.3) is 0 Å². The number of ether oxygens (including phenoxy) is 1. The first-order valence-corrected chi connectivity index (χ1v) is 11.6. The molecule has 8 nitrogen and oxygen atoms in total.